The molecule has 0 amide bonds. The minimum absolute atomic E-state index is 0.495. The smallest absolute Gasteiger partial charge is 0.191 e. The summed E-state index contributed by atoms with van der Waals surface area (Å²) in [6, 6.07) is 0.495. The number of likely N-dealkylation sites (tertiary alicyclic amines) is 1. The van der Waals surface area contributed by atoms with Gasteiger partial charge in [0.05, 0.1) is 12.2 Å². The van der Waals surface area contributed by atoms with Crippen molar-refractivity contribution in [1.82, 2.24) is 20.5 Å². The first-order chi connectivity index (χ1) is 11.6. The Morgan fingerprint density at radius 3 is 2.71 bits per heavy atom. The van der Waals surface area contributed by atoms with E-state index in [1.807, 2.05) is 7.05 Å². The normalized spacial score (nSPS) is 17.2. The van der Waals surface area contributed by atoms with Crippen molar-refractivity contribution in [3.63, 3.8) is 0 Å². The van der Waals surface area contributed by atoms with Crippen LogP contribution < -0.4 is 10.6 Å². The number of rotatable bonds is 7. The summed E-state index contributed by atoms with van der Waals surface area (Å²) in [6.07, 6.45) is 3.43. The molecular weight excluding hydrogens is 322 g/mol. The summed E-state index contributed by atoms with van der Waals surface area (Å²) in [5.74, 6) is 0.873. The molecule has 1 fully saturated rings. The SMILES string of the molecule is CN=C(NCc1nc(C)c(C)s1)NC1CCN(CCCOC)CC1. The Balaban J connectivity index is 1.70. The fourth-order valence-corrected chi connectivity index (χ4v) is 3.77. The van der Waals surface area contributed by atoms with Gasteiger partial charge in [-0.1, -0.05) is 0 Å². The van der Waals surface area contributed by atoms with Gasteiger partial charge in [0.1, 0.15) is 5.01 Å². The molecule has 136 valence electrons. The Morgan fingerprint density at radius 2 is 2.12 bits per heavy atom. The number of nitrogens with zero attached hydrogens (tertiary/aromatic N) is 3. The van der Waals surface area contributed by atoms with Crippen LogP contribution in [0.2, 0.25) is 0 Å². The van der Waals surface area contributed by atoms with Crippen LogP contribution >= 0.6 is 11.3 Å². The third-order valence-electron chi connectivity index (χ3n) is 4.45. The van der Waals surface area contributed by atoms with Crippen LogP contribution in [-0.4, -0.2) is 62.3 Å². The van der Waals surface area contributed by atoms with Crippen molar-refractivity contribution in [2.75, 3.05) is 40.4 Å². The van der Waals surface area contributed by atoms with E-state index in [0.29, 0.717) is 6.04 Å². The van der Waals surface area contributed by atoms with Crippen LogP contribution in [0, 0.1) is 13.8 Å². The van der Waals surface area contributed by atoms with E-state index in [2.05, 4.69) is 39.4 Å². The molecule has 7 heteroatoms. The first-order valence-corrected chi connectivity index (χ1v) is 9.55. The molecule has 0 spiro atoms. The van der Waals surface area contributed by atoms with Crippen LogP contribution in [-0.2, 0) is 11.3 Å². The highest BCUT2D eigenvalue weighted by atomic mass is 32.1. The first kappa shape index (κ1) is 19.1. The van der Waals surface area contributed by atoms with E-state index >= 15 is 0 Å². The van der Waals surface area contributed by atoms with Crippen molar-refractivity contribution in [3.8, 4) is 0 Å². The average molecular weight is 354 g/mol. The maximum atomic E-state index is 5.13. The molecule has 1 aliphatic rings. The third-order valence-corrected chi connectivity index (χ3v) is 5.53. The maximum absolute atomic E-state index is 5.13. The van der Waals surface area contributed by atoms with Crippen LogP contribution in [0.25, 0.3) is 0 Å². The number of aromatic nitrogens is 1. The van der Waals surface area contributed by atoms with E-state index in [0.717, 1.165) is 68.7 Å². The second-order valence-corrected chi connectivity index (χ2v) is 7.57. The van der Waals surface area contributed by atoms with E-state index in [9.17, 15) is 0 Å². The Labute approximate surface area is 149 Å². The highest BCUT2D eigenvalue weighted by molar-refractivity contribution is 7.11. The van der Waals surface area contributed by atoms with Crippen LogP contribution in [0.5, 0.6) is 0 Å². The first-order valence-electron chi connectivity index (χ1n) is 8.73. The number of methoxy groups -OCH3 is 1. The number of aliphatic imine (C=N–C) groups is 1. The number of aryl methyl sites for hydroxylation is 2. The molecule has 2 heterocycles. The van der Waals surface area contributed by atoms with Crippen LogP contribution in [0.4, 0.5) is 0 Å². The van der Waals surface area contributed by atoms with Gasteiger partial charge in [-0.05, 0) is 33.1 Å². The monoisotopic (exact) mass is 353 g/mol. The lowest BCUT2D eigenvalue weighted by atomic mass is 10.1. The van der Waals surface area contributed by atoms with Crippen molar-refractivity contribution in [2.45, 2.75) is 45.7 Å². The summed E-state index contributed by atoms with van der Waals surface area (Å²) in [4.78, 5) is 12.7. The Hall–Kier alpha value is -1.18. The van der Waals surface area contributed by atoms with Crippen molar-refractivity contribution in [2.24, 2.45) is 4.99 Å². The van der Waals surface area contributed by atoms with E-state index in [1.54, 1.807) is 18.4 Å². The second kappa shape index (κ2) is 9.96. The number of guanidine groups is 1. The summed E-state index contributed by atoms with van der Waals surface area (Å²) < 4.78 is 5.13. The molecule has 0 saturated carbocycles. The predicted octanol–water partition coefficient (Wildman–Crippen LogP) is 1.93. The Bertz CT molecular complexity index is 504. The van der Waals surface area contributed by atoms with E-state index < -0.39 is 0 Å². The molecule has 1 saturated heterocycles. The molecule has 6 nitrogen and oxygen atoms in total. The minimum Gasteiger partial charge on any atom is -0.385 e. The van der Waals surface area contributed by atoms with E-state index in [4.69, 9.17) is 4.74 Å². The van der Waals surface area contributed by atoms with E-state index in [1.165, 1.54) is 4.88 Å². The summed E-state index contributed by atoms with van der Waals surface area (Å²) in [6.45, 7) is 9.18. The van der Waals surface area contributed by atoms with Gasteiger partial charge in [-0.25, -0.2) is 4.98 Å². The summed E-state index contributed by atoms with van der Waals surface area (Å²) in [7, 11) is 3.59. The highest BCUT2D eigenvalue weighted by Crippen LogP contribution is 2.16. The van der Waals surface area contributed by atoms with Gasteiger partial charge >= 0.3 is 0 Å². The largest absolute Gasteiger partial charge is 0.385 e. The fraction of sp³-hybridized carbons (Fsp3) is 0.765. The molecule has 1 aromatic heterocycles. The van der Waals surface area contributed by atoms with Gasteiger partial charge in [0, 0.05) is 51.3 Å². The van der Waals surface area contributed by atoms with Crippen molar-refractivity contribution >= 4 is 17.3 Å². The zero-order chi connectivity index (χ0) is 17.4. The molecule has 0 unspecified atom stereocenters. The zero-order valence-corrected chi connectivity index (χ0v) is 16.2. The molecular formula is C17H31N5OS. The van der Waals surface area contributed by atoms with Gasteiger partial charge in [0.15, 0.2) is 5.96 Å². The number of ether oxygens (including phenoxy) is 1. The van der Waals surface area contributed by atoms with Crippen LogP contribution in [0.1, 0.15) is 34.8 Å². The van der Waals surface area contributed by atoms with Crippen molar-refractivity contribution in [1.29, 1.82) is 0 Å². The zero-order valence-electron chi connectivity index (χ0n) is 15.4. The van der Waals surface area contributed by atoms with Crippen molar-refractivity contribution < 1.29 is 4.74 Å². The summed E-state index contributed by atoms with van der Waals surface area (Å²) >= 11 is 1.75. The number of thiazole rings is 1. The standard InChI is InChI=1S/C17H31N5OS/c1-13-14(2)24-16(20-13)12-19-17(18-3)21-15-6-9-22(10-7-15)8-5-11-23-4/h15H,5-12H2,1-4H3,(H2,18,19,21). The number of hydrogen-bond acceptors (Lipinski definition) is 5. The molecule has 2 rings (SSSR count). The molecule has 0 atom stereocenters. The van der Waals surface area contributed by atoms with Gasteiger partial charge < -0.3 is 20.3 Å². The van der Waals surface area contributed by atoms with Gasteiger partial charge in [-0.15, -0.1) is 11.3 Å². The van der Waals surface area contributed by atoms with Gasteiger partial charge in [-0.3, -0.25) is 4.99 Å². The number of nitrogens with one attached hydrogen (secondary N) is 2. The average Bonchev–Trinajstić information content (AvgIpc) is 2.91. The Morgan fingerprint density at radius 1 is 1.38 bits per heavy atom. The molecule has 0 aromatic carbocycles. The molecule has 1 aromatic rings. The van der Waals surface area contributed by atoms with Crippen molar-refractivity contribution in [3.05, 3.63) is 15.6 Å². The maximum Gasteiger partial charge on any atom is 0.191 e. The molecule has 24 heavy (non-hydrogen) atoms. The lowest BCUT2D eigenvalue weighted by Gasteiger charge is -2.33. The Kier molecular flexibility index (Phi) is 7.94. The van der Waals surface area contributed by atoms with Crippen LogP contribution in [0.3, 0.4) is 0 Å². The summed E-state index contributed by atoms with van der Waals surface area (Å²) in [5.41, 5.74) is 1.13. The predicted molar refractivity (Wildman–Crippen MR) is 101 cm³/mol. The lowest BCUT2D eigenvalue weighted by molar-refractivity contribution is 0.155. The topological polar surface area (TPSA) is 61.8 Å². The van der Waals surface area contributed by atoms with Gasteiger partial charge in [0.25, 0.3) is 0 Å². The van der Waals surface area contributed by atoms with Gasteiger partial charge in [0.2, 0.25) is 0 Å². The summed E-state index contributed by atoms with van der Waals surface area (Å²) in [5, 5.41) is 8.04. The number of piperidine rings is 1. The molecule has 1 aliphatic heterocycles. The molecule has 0 aliphatic carbocycles. The second-order valence-electron chi connectivity index (χ2n) is 6.28. The van der Waals surface area contributed by atoms with E-state index in [-0.39, 0.29) is 0 Å². The molecule has 2 N–H and O–H groups in total. The fourth-order valence-electron chi connectivity index (χ4n) is 2.90. The lowest BCUT2D eigenvalue weighted by Crippen LogP contribution is -2.48. The number of hydrogen-bond donors (Lipinski definition) is 2. The molecule has 0 radical (unpaired) electrons. The quantitative estimate of drug-likeness (QED) is 0.446. The molecule has 0 bridgehead atoms. The third kappa shape index (κ3) is 6.03. The minimum atomic E-state index is 0.495. The highest BCUT2D eigenvalue weighted by Gasteiger charge is 2.19. The van der Waals surface area contributed by atoms with Gasteiger partial charge in [-0.2, -0.15) is 0 Å². The van der Waals surface area contributed by atoms with Crippen LogP contribution in [0.15, 0.2) is 4.99 Å².